The number of hydrogen-bond acceptors (Lipinski definition) is 5. The van der Waals surface area contributed by atoms with Gasteiger partial charge in [-0.3, -0.25) is 0 Å². The van der Waals surface area contributed by atoms with Crippen LogP contribution in [-0.2, 0) is 6.42 Å². The largest absolute Gasteiger partial charge is 0.366 e. The van der Waals surface area contributed by atoms with Crippen molar-refractivity contribution in [1.82, 2.24) is 9.97 Å². The number of nitrogens with zero attached hydrogens (tertiary/aromatic N) is 2. The molecule has 0 unspecified atom stereocenters. The van der Waals surface area contributed by atoms with Gasteiger partial charge in [0.05, 0.1) is 5.52 Å². The highest BCUT2D eigenvalue weighted by molar-refractivity contribution is 5.92. The number of hydrogen-bond donors (Lipinski definition) is 3. The molecule has 0 saturated heterocycles. The van der Waals surface area contributed by atoms with Gasteiger partial charge in [-0.15, -0.1) is 0 Å². The third-order valence-corrected chi connectivity index (χ3v) is 5.48. The molecule has 0 bridgehead atoms. The Kier molecular flexibility index (Phi) is 5.62. The van der Waals surface area contributed by atoms with Crippen molar-refractivity contribution >= 4 is 28.4 Å². The SMILES string of the molecule is CC[C@@H](Nc1nc(Nc2cc(C)cc(F)c2)nc2c(CCN)cccc12)C1CC1. The number of anilines is 3. The van der Waals surface area contributed by atoms with E-state index in [1.807, 2.05) is 25.1 Å². The first-order valence-corrected chi connectivity index (χ1v) is 10.4. The third-order valence-electron chi connectivity index (χ3n) is 5.48. The standard InChI is InChI=1S/C23H28FN5/c1-3-20(15-7-8-15)27-22-19-6-4-5-16(9-10-25)21(19)28-23(29-22)26-18-12-14(2)11-17(24)13-18/h4-6,11-13,15,20H,3,7-10,25H2,1-2H3,(H2,26,27,28,29)/t20-/m1/s1. The molecule has 0 spiro atoms. The normalized spacial score (nSPS) is 14.8. The fourth-order valence-electron chi connectivity index (χ4n) is 3.90. The molecule has 1 aromatic heterocycles. The molecule has 0 radical (unpaired) electrons. The molecular formula is C23H28FN5. The molecule has 0 aliphatic heterocycles. The van der Waals surface area contributed by atoms with Gasteiger partial charge in [-0.1, -0.05) is 19.1 Å². The highest BCUT2D eigenvalue weighted by Crippen LogP contribution is 2.37. The molecule has 6 heteroatoms. The zero-order valence-corrected chi connectivity index (χ0v) is 17.0. The zero-order valence-electron chi connectivity index (χ0n) is 17.0. The second-order valence-corrected chi connectivity index (χ2v) is 7.89. The molecule has 4 N–H and O–H groups in total. The van der Waals surface area contributed by atoms with Gasteiger partial charge in [0.1, 0.15) is 11.6 Å². The number of rotatable bonds is 8. The minimum atomic E-state index is -0.282. The number of aryl methyl sites for hydroxylation is 1. The number of aromatic nitrogens is 2. The second-order valence-electron chi connectivity index (χ2n) is 7.89. The first-order valence-electron chi connectivity index (χ1n) is 10.4. The van der Waals surface area contributed by atoms with Crippen LogP contribution >= 0.6 is 0 Å². The van der Waals surface area contributed by atoms with Gasteiger partial charge in [-0.2, -0.15) is 4.98 Å². The van der Waals surface area contributed by atoms with Gasteiger partial charge < -0.3 is 16.4 Å². The Bertz CT molecular complexity index is 995. The van der Waals surface area contributed by atoms with Crippen LogP contribution in [0.3, 0.4) is 0 Å². The van der Waals surface area contributed by atoms with Gasteiger partial charge in [-0.25, -0.2) is 9.37 Å². The van der Waals surface area contributed by atoms with Gasteiger partial charge in [0.15, 0.2) is 0 Å². The number of nitrogens with two attached hydrogens (primary N) is 1. The van der Waals surface area contributed by atoms with E-state index in [1.165, 1.54) is 25.0 Å². The lowest BCUT2D eigenvalue weighted by Gasteiger charge is -2.20. The monoisotopic (exact) mass is 393 g/mol. The summed E-state index contributed by atoms with van der Waals surface area (Å²) >= 11 is 0. The van der Waals surface area contributed by atoms with E-state index in [-0.39, 0.29) is 5.82 Å². The first-order chi connectivity index (χ1) is 14.1. The minimum Gasteiger partial charge on any atom is -0.366 e. The molecule has 4 rings (SSSR count). The van der Waals surface area contributed by atoms with E-state index in [9.17, 15) is 4.39 Å². The molecule has 0 amide bonds. The lowest BCUT2D eigenvalue weighted by Crippen LogP contribution is -2.22. The van der Waals surface area contributed by atoms with Crippen molar-refractivity contribution in [2.24, 2.45) is 11.7 Å². The van der Waals surface area contributed by atoms with Crippen LogP contribution in [-0.4, -0.2) is 22.6 Å². The van der Waals surface area contributed by atoms with Crippen LogP contribution in [0.15, 0.2) is 36.4 Å². The fourth-order valence-corrected chi connectivity index (χ4v) is 3.90. The van der Waals surface area contributed by atoms with Crippen molar-refractivity contribution in [1.29, 1.82) is 0 Å². The Morgan fingerprint density at radius 2 is 2.03 bits per heavy atom. The second kappa shape index (κ2) is 8.33. The van der Waals surface area contributed by atoms with Crippen molar-refractivity contribution < 1.29 is 4.39 Å². The molecule has 5 nitrogen and oxygen atoms in total. The molecule has 29 heavy (non-hydrogen) atoms. The lowest BCUT2D eigenvalue weighted by atomic mass is 10.1. The molecule has 1 heterocycles. The smallest absolute Gasteiger partial charge is 0.229 e. The van der Waals surface area contributed by atoms with Crippen molar-refractivity contribution in [3.05, 3.63) is 53.3 Å². The number of nitrogens with one attached hydrogen (secondary N) is 2. The van der Waals surface area contributed by atoms with Crippen LogP contribution in [0.1, 0.15) is 37.3 Å². The third kappa shape index (κ3) is 4.48. The molecular weight excluding hydrogens is 365 g/mol. The molecule has 1 fully saturated rings. The Balaban J connectivity index is 1.77. The van der Waals surface area contributed by atoms with Crippen molar-refractivity contribution in [3.63, 3.8) is 0 Å². The quantitative estimate of drug-likeness (QED) is 0.506. The van der Waals surface area contributed by atoms with Gasteiger partial charge in [0.2, 0.25) is 5.95 Å². The van der Waals surface area contributed by atoms with E-state index in [2.05, 4.69) is 23.6 Å². The highest BCUT2D eigenvalue weighted by atomic mass is 19.1. The van der Waals surface area contributed by atoms with Crippen molar-refractivity contribution in [2.45, 2.75) is 45.6 Å². The highest BCUT2D eigenvalue weighted by Gasteiger charge is 2.30. The average molecular weight is 394 g/mol. The van der Waals surface area contributed by atoms with E-state index < -0.39 is 0 Å². The summed E-state index contributed by atoms with van der Waals surface area (Å²) in [6, 6.07) is 11.4. The summed E-state index contributed by atoms with van der Waals surface area (Å²) in [6.45, 7) is 4.62. The van der Waals surface area contributed by atoms with E-state index in [1.54, 1.807) is 0 Å². The van der Waals surface area contributed by atoms with Gasteiger partial charge in [0.25, 0.3) is 0 Å². The predicted octanol–water partition coefficient (Wildman–Crippen LogP) is 4.92. The summed E-state index contributed by atoms with van der Waals surface area (Å²) in [5, 5.41) is 7.84. The maximum absolute atomic E-state index is 13.8. The summed E-state index contributed by atoms with van der Waals surface area (Å²) in [5.74, 6) is 1.71. The number of fused-ring (bicyclic) bond motifs is 1. The molecule has 3 aromatic rings. The summed E-state index contributed by atoms with van der Waals surface area (Å²) in [6.07, 6.45) is 4.32. The fraction of sp³-hybridized carbons (Fsp3) is 0.391. The van der Waals surface area contributed by atoms with Crippen molar-refractivity contribution in [3.8, 4) is 0 Å². The lowest BCUT2D eigenvalue weighted by molar-refractivity contribution is 0.615. The Morgan fingerprint density at radius 1 is 1.21 bits per heavy atom. The summed E-state index contributed by atoms with van der Waals surface area (Å²) in [7, 11) is 0. The molecule has 1 aliphatic carbocycles. The van der Waals surface area contributed by atoms with E-state index in [4.69, 9.17) is 15.7 Å². The summed E-state index contributed by atoms with van der Waals surface area (Å²) in [4.78, 5) is 9.53. The summed E-state index contributed by atoms with van der Waals surface area (Å²) in [5.41, 5.74) is 9.28. The van der Waals surface area contributed by atoms with E-state index >= 15 is 0 Å². The molecule has 1 aliphatic rings. The maximum atomic E-state index is 13.8. The van der Waals surface area contributed by atoms with Crippen LogP contribution in [0.4, 0.5) is 21.8 Å². The van der Waals surface area contributed by atoms with Crippen LogP contribution < -0.4 is 16.4 Å². The number of benzene rings is 2. The zero-order chi connectivity index (χ0) is 20.4. The molecule has 152 valence electrons. The van der Waals surface area contributed by atoms with Crippen LogP contribution in [0, 0.1) is 18.7 Å². The number of halogens is 1. The Labute approximate surface area is 170 Å². The van der Waals surface area contributed by atoms with Gasteiger partial charge in [-0.05, 0) is 80.5 Å². The van der Waals surface area contributed by atoms with Crippen LogP contribution in [0.5, 0.6) is 0 Å². The first kappa shape index (κ1) is 19.6. The minimum absolute atomic E-state index is 0.282. The van der Waals surface area contributed by atoms with E-state index in [0.717, 1.165) is 40.7 Å². The molecule has 2 aromatic carbocycles. The summed E-state index contributed by atoms with van der Waals surface area (Å²) < 4.78 is 13.8. The Morgan fingerprint density at radius 3 is 2.72 bits per heavy atom. The van der Waals surface area contributed by atoms with Gasteiger partial charge in [0, 0.05) is 17.1 Å². The average Bonchev–Trinajstić information content (AvgIpc) is 3.51. The molecule has 1 saturated carbocycles. The predicted molar refractivity (Wildman–Crippen MR) is 117 cm³/mol. The Hall–Kier alpha value is -2.73. The van der Waals surface area contributed by atoms with E-state index in [0.29, 0.717) is 30.1 Å². The topological polar surface area (TPSA) is 75.9 Å². The van der Waals surface area contributed by atoms with Gasteiger partial charge >= 0.3 is 0 Å². The maximum Gasteiger partial charge on any atom is 0.229 e. The van der Waals surface area contributed by atoms with Crippen molar-refractivity contribution in [2.75, 3.05) is 17.2 Å². The number of para-hydroxylation sites is 1. The van der Waals surface area contributed by atoms with Crippen LogP contribution in [0.2, 0.25) is 0 Å². The van der Waals surface area contributed by atoms with Crippen LogP contribution in [0.25, 0.3) is 10.9 Å². The molecule has 1 atom stereocenters.